The maximum Gasteiger partial charge on any atom is 0.00955 e. The van der Waals surface area contributed by atoms with Crippen LogP contribution in [-0.4, -0.2) is 12.6 Å². The van der Waals surface area contributed by atoms with Gasteiger partial charge >= 0.3 is 0 Å². The lowest BCUT2D eigenvalue weighted by Gasteiger charge is -2.26. The van der Waals surface area contributed by atoms with Gasteiger partial charge in [0.05, 0.1) is 0 Å². The molecule has 4 unspecified atom stereocenters. The van der Waals surface area contributed by atoms with Crippen LogP contribution in [0.5, 0.6) is 0 Å². The van der Waals surface area contributed by atoms with E-state index in [9.17, 15) is 0 Å². The van der Waals surface area contributed by atoms with Crippen molar-refractivity contribution in [1.29, 1.82) is 0 Å². The molecule has 1 fully saturated rings. The van der Waals surface area contributed by atoms with Crippen molar-refractivity contribution in [2.24, 2.45) is 17.8 Å². The first-order chi connectivity index (χ1) is 7.20. The van der Waals surface area contributed by atoms with Gasteiger partial charge in [-0.1, -0.05) is 40.5 Å². The van der Waals surface area contributed by atoms with Crippen LogP contribution in [0.25, 0.3) is 0 Å². The van der Waals surface area contributed by atoms with E-state index in [0.717, 1.165) is 23.8 Å². The van der Waals surface area contributed by atoms with Crippen LogP contribution in [0.1, 0.15) is 59.8 Å². The minimum absolute atomic E-state index is 0.800. The first-order valence-corrected chi connectivity index (χ1v) is 6.94. The number of nitrogens with one attached hydrogen (secondary N) is 1. The van der Waals surface area contributed by atoms with Gasteiger partial charge in [-0.05, 0) is 43.6 Å². The topological polar surface area (TPSA) is 12.0 Å². The molecule has 90 valence electrons. The molecule has 0 aromatic rings. The van der Waals surface area contributed by atoms with E-state index < -0.39 is 0 Å². The van der Waals surface area contributed by atoms with Crippen molar-refractivity contribution < 1.29 is 0 Å². The minimum atomic E-state index is 0.800. The lowest BCUT2D eigenvalue weighted by molar-refractivity contribution is 0.256. The molecule has 1 nitrogen and oxygen atoms in total. The van der Waals surface area contributed by atoms with Gasteiger partial charge in [0.2, 0.25) is 0 Å². The van der Waals surface area contributed by atoms with Gasteiger partial charge in [0.15, 0.2) is 0 Å². The van der Waals surface area contributed by atoms with E-state index in [1.165, 1.54) is 38.6 Å². The summed E-state index contributed by atoms with van der Waals surface area (Å²) in [6.45, 7) is 10.7. The normalized spacial score (nSPS) is 33.2. The summed E-state index contributed by atoms with van der Waals surface area (Å²) in [7, 11) is 0. The molecule has 0 heterocycles. The summed E-state index contributed by atoms with van der Waals surface area (Å²) in [5, 5.41) is 3.71. The first kappa shape index (κ1) is 13.0. The minimum Gasteiger partial charge on any atom is -0.314 e. The molecule has 1 aliphatic rings. The number of rotatable bonds is 6. The Morgan fingerprint density at radius 3 is 2.53 bits per heavy atom. The third-order valence-corrected chi connectivity index (χ3v) is 4.25. The lowest BCUT2D eigenvalue weighted by Crippen LogP contribution is -2.34. The molecule has 0 aromatic heterocycles. The molecule has 1 saturated carbocycles. The van der Waals surface area contributed by atoms with Gasteiger partial charge in [-0.3, -0.25) is 0 Å². The third-order valence-electron chi connectivity index (χ3n) is 4.25. The number of hydrogen-bond acceptors (Lipinski definition) is 1. The van der Waals surface area contributed by atoms with Crippen molar-refractivity contribution in [2.75, 3.05) is 6.54 Å². The Bertz CT molecular complexity index is 167. The summed E-state index contributed by atoms with van der Waals surface area (Å²) in [6.07, 6.45) is 6.87. The van der Waals surface area contributed by atoms with E-state index in [-0.39, 0.29) is 0 Å². The monoisotopic (exact) mass is 211 g/mol. The van der Waals surface area contributed by atoms with Crippen LogP contribution < -0.4 is 5.32 Å². The zero-order chi connectivity index (χ0) is 11.3. The smallest absolute Gasteiger partial charge is 0.00955 e. The Hall–Kier alpha value is -0.0400. The summed E-state index contributed by atoms with van der Waals surface area (Å²) in [6, 6.07) is 0.800. The fourth-order valence-electron chi connectivity index (χ4n) is 3.29. The molecule has 1 aliphatic carbocycles. The molecule has 0 aliphatic heterocycles. The molecule has 4 atom stereocenters. The van der Waals surface area contributed by atoms with Crippen LogP contribution in [0.15, 0.2) is 0 Å². The van der Waals surface area contributed by atoms with Gasteiger partial charge in [-0.25, -0.2) is 0 Å². The largest absolute Gasteiger partial charge is 0.314 e. The van der Waals surface area contributed by atoms with Gasteiger partial charge in [-0.2, -0.15) is 0 Å². The maximum atomic E-state index is 3.71. The van der Waals surface area contributed by atoms with Crippen LogP contribution in [-0.2, 0) is 0 Å². The van der Waals surface area contributed by atoms with E-state index in [1.54, 1.807) is 0 Å². The SMILES string of the molecule is CCCNC1CCC(C(C)CCC)C1C. The fraction of sp³-hybridized carbons (Fsp3) is 1.00. The molecule has 0 bridgehead atoms. The molecular formula is C14H29N. The molecule has 0 aromatic carbocycles. The zero-order valence-electron chi connectivity index (χ0n) is 11.1. The molecule has 1 heteroatoms. The Morgan fingerprint density at radius 2 is 1.93 bits per heavy atom. The molecule has 0 radical (unpaired) electrons. The van der Waals surface area contributed by atoms with E-state index in [1.807, 2.05) is 0 Å². The van der Waals surface area contributed by atoms with Crippen molar-refractivity contribution in [3.63, 3.8) is 0 Å². The average molecular weight is 211 g/mol. The highest BCUT2D eigenvalue weighted by atomic mass is 14.9. The summed E-state index contributed by atoms with van der Waals surface area (Å²) in [4.78, 5) is 0. The Labute approximate surface area is 96.0 Å². The molecule has 1 rings (SSSR count). The molecule has 0 amide bonds. The summed E-state index contributed by atoms with van der Waals surface area (Å²) < 4.78 is 0. The van der Waals surface area contributed by atoms with Crippen LogP contribution in [0.4, 0.5) is 0 Å². The van der Waals surface area contributed by atoms with Gasteiger partial charge < -0.3 is 5.32 Å². The molecule has 0 spiro atoms. The number of hydrogen-bond donors (Lipinski definition) is 1. The highest BCUT2D eigenvalue weighted by Crippen LogP contribution is 2.38. The molecule has 15 heavy (non-hydrogen) atoms. The van der Waals surface area contributed by atoms with Crippen molar-refractivity contribution >= 4 is 0 Å². The van der Waals surface area contributed by atoms with Gasteiger partial charge in [-0.15, -0.1) is 0 Å². The first-order valence-electron chi connectivity index (χ1n) is 6.94. The Balaban J connectivity index is 2.37. The predicted molar refractivity (Wildman–Crippen MR) is 68.0 cm³/mol. The van der Waals surface area contributed by atoms with Gasteiger partial charge in [0.25, 0.3) is 0 Å². The second-order valence-electron chi connectivity index (χ2n) is 5.43. The Kier molecular flexibility index (Phi) is 5.66. The van der Waals surface area contributed by atoms with Crippen molar-refractivity contribution in [3.8, 4) is 0 Å². The second kappa shape index (κ2) is 6.52. The van der Waals surface area contributed by atoms with Gasteiger partial charge in [0.1, 0.15) is 0 Å². The van der Waals surface area contributed by atoms with Crippen LogP contribution in [0.3, 0.4) is 0 Å². The summed E-state index contributed by atoms with van der Waals surface area (Å²) in [5.41, 5.74) is 0. The Morgan fingerprint density at radius 1 is 1.20 bits per heavy atom. The van der Waals surface area contributed by atoms with Crippen molar-refractivity contribution in [1.82, 2.24) is 5.32 Å². The van der Waals surface area contributed by atoms with E-state index >= 15 is 0 Å². The molecule has 0 saturated heterocycles. The van der Waals surface area contributed by atoms with E-state index in [2.05, 4.69) is 33.0 Å². The zero-order valence-corrected chi connectivity index (χ0v) is 11.1. The van der Waals surface area contributed by atoms with Crippen LogP contribution >= 0.6 is 0 Å². The molecular weight excluding hydrogens is 182 g/mol. The second-order valence-corrected chi connectivity index (χ2v) is 5.43. The lowest BCUT2D eigenvalue weighted by atomic mass is 9.82. The quantitative estimate of drug-likeness (QED) is 0.704. The summed E-state index contributed by atoms with van der Waals surface area (Å²) in [5.74, 6) is 2.79. The van der Waals surface area contributed by atoms with Crippen LogP contribution in [0.2, 0.25) is 0 Å². The highest BCUT2D eigenvalue weighted by Gasteiger charge is 2.34. The summed E-state index contributed by atoms with van der Waals surface area (Å²) >= 11 is 0. The van der Waals surface area contributed by atoms with Gasteiger partial charge in [0, 0.05) is 6.04 Å². The highest BCUT2D eigenvalue weighted by molar-refractivity contribution is 4.88. The maximum absolute atomic E-state index is 3.71. The van der Waals surface area contributed by atoms with E-state index in [0.29, 0.717) is 0 Å². The fourth-order valence-corrected chi connectivity index (χ4v) is 3.29. The van der Waals surface area contributed by atoms with Crippen molar-refractivity contribution in [2.45, 2.75) is 65.8 Å². The predicted octanol–water partition coefficient (Wildman–Crippen LogP) is 3.84. The van der Waals surface area contributed by atoms with Crippen LogP contribution in [0, 0.1) is 17.8 Å². The third kappa shape index (κ3) is 3.48. The average Bonchev–Trinajstić information content (AvgIpc) is 2.57. The standard InChI is InChI=1S/C14H29N/c1-5-7-11(3)13-8-9-14(12(13)4)15-10-6-2/h11-15H,5-10H2,1-4H3. The van der Waals surface area contributed by atoms with E-state index in [4.69, 9.17) is 0 Å². The van der Waals surface area contributed by atoms with Crippen molar-refractivity contribution in [3.05, 3.63) is 0 Å². The molecule has 1 N–H and O–H groups in total.